The van der Waals surface area contributed by atoms with Crippen molar-refractivity contribution in [2.45, 2.75) is 18.9 Å². The summed E-state index contributed by atoms with van der Waals surface area (Å²) in [6.07, 6.45) is 1.12. The van der Waals surface area contributed by atoms with Gasteiger partial charge in [-0.1, -0.05) is 17.2 Å². The summed E-state index contributed by atoms with van der Waals surface area (Å²) in [6, 6.07) is 5.53. The van der Waals surface area contributed by atoms with Crippen molar-refractivity contribution in [2.75, 3.05) is 0 Å². The zero-order valence-corrected chi connectivity index (χ0v) is 7.01. The SMILES string of the molecule is [N-]=[N+]=Nc1ccc2c(c1)CC(O)C2. The smallest absolute Gasteiger partial charge is 0.0621 e. The van der Waals surface area contributed by atoms with Crippen molar-refractivity contribution in [3.05, 3.63) is 39.8 Å². The Morgan fingerprint density at radius 1 is 1.38 bits per heavy atom. The maximum absolute atomic E-state index is 9.37. The summed E-state index contributed by atoms with van der Waals surface area (Å²) in [7, 11) is 0. The third-order valence-corrected chi connectivity index (χ3v) is 2.26. The summed E-state index contributed by atoms with van der Waals surface area (Å²) in [5, 5.41) is 12.9. The van der Waals surface area contributed by atoms with Gasteiger partial charge >= 0.3 is 0 Å². The van der Waals surface area contributed by atoms with Crippen molar-refractivity contribution in [3.63, 3.8) is 0 Å². The second-order valence-electron chi connectivity index (χ2n) is 3.20. The van der Waals surface area contributed by atoms with Crippen molar-refractivity contribution in [3.8, 4) is 0 Å². The fraction of sp³-hybridized carbons (Fsp3) is 0.333. The monoisotopic (exact) mass is 175 g/mol. The van der Waals surface area contributed by atoms with Crippen LogP contribution in [-0.2, 0) is 12.8 Å². The van der Waals surface area contributed by atoms with Crippen LogP contribution in [0.3, 0.4) is 0 Å². The third kappa shape index (κ3) is 1.49. The summed E-state index contributed by atoms with van der Waals surface area (Å²) < 4.78 is 0. The van der Waals surface area contributed by atoms with E-state index in [9.17, 15) is 5.11 Å². The van der Waals surface area contributed by atoms with Crippen LogP contribution >= 0.6 is 0 Å². The van der Waals surface area contributed by atoms with Crippen LogP contribution in [0.5, 0.6) is 0 Å². The molecular formula is C9H9N3O. The quantitative estimate of drug-likeness (QED) is 0.396. The molecule has 1 aromatic rings. The molecule has 0 aromatic heterocycles. The standard InChI is InChI=1S/C9H9N3O/c10-12-11-8-2-1-6-4-9(13)5-7(6)3-8/h1-3,9,13H,4-5H2. The molecule has 1 N–H and O–H groups in total. The number of hydrogen-bond acceptors (Lipinski definition) is 2. The van der Waals surface area contributed by atoms with Crippen LogP contribution < -0.4 is 0 Å². The predicted molar refractivity (Wildman–Crippen MR) is 48.7 cm³/mol. The number of nitrogens with zero attached hydrogens (tertiary/aromatic N) is 3. The van der Waals surface area contributed by atoms with Gasteiger partial charge in [-0.15, -0.1) is 0 Å². The van der Waals surface area contributed by atoms with E-state index in [4.69, 9.17) is 5.53 Å². The van der Waals surface area contributed by atoms with Gasteiger partial charge in [0, 0.05) is 10.6 Å². The molecule has 0 saturated heterocycles. The van der Waals surface area contributed by atoms with Crippen molar-refractivity contribution in [2.24, 2.45) is 5.11 Å². The van der Waals surface area contributed by atoms with Crippen LogP contribution in [0, 0.1) is 0 Å². The molecule has 66 valence electrons. The second-order valence-corrected chi connectivity index (χ2v) is 3.20. The van der Waals surface area contributed by atoms with Crippen molar-refractivity contribution in [1.82, 2.24) is 0 Å². The van der Waals surface area contributed by atoms with E-state index in [1.807, 2.05) is 12.1 Å². The normalized spacial score (nSPS) is 19.3. The number of fused-ring (bicyclic) bond motifs is 1. The highest BCUT2D eigenvalue weighted by Gasteiger charge is 2.18. The first-order valence-electron chi connectivity index (χ1n) is 4.14. The summed E-state index contributed by atoms with van der Waals surface area (Å²) in [5.41, 5.74) is 11.1. The van der Waals surface area contributed by atoms with Gasteiger partial charge in [0.25, 0.3) is 0 Å². The Hall–Kier alpha value is -1.51. The number of aliphatic hydroxyl groups is 1. The highest BCUT2D eigenvalue weighted by atomic mass is 16.3. The number of hydrogen-bond donors (Lipinski definition) is 1. The van der Waals surface area contributed by atoms with E-state index in [1.165, 1.54) is 0 Å². The Labute approximate surface area is 75.4 Å². The van der Waals surface area contributed by atoms with Gasteiger partial charge in [-0.3, -0.25) is 0 Å². The number of aliphatic hydroxyl groups excluding tert-OH is 1. The molecule has 2 rings (SSSR count). The van der Waals surface area contributed by atoms with Crippen LogP contribution in [0.1, 0.15) is 11.1 Å². The maximum atomic E-state index is 9.37. The van der Waals surface area contributed by atoms with Crippen LogP contribution in [0.15, 0.2) is 23.3 Å². The van der Waals surface area contributed by atoms with Crippen LogP contribution in [-0.4, -0.2) is 11.2 Å². The maximum Gasteiger partial charge on any atom is 0.0621 e. The van der Waals surface area contributed by atoms with Crippen molar-refractivity contribution >= 4 is 5.69 Å². The fourth-order valence-corrected chi connectivity index (χ4v) is 1.70. The molecule has 0 heterocycles. The Bertz CT molecular complexity index is 382. The van der Waals surface area contributed by atoms with Crippen molar-refractivity contribution in [1.29, 1.82) is 0 Å². The molecule has 0 saturated carbocycles. The van der Waals surface area contributed by atoms with Crippen LogP contribution in [0.2, 0.25) is 0 Å². The fourth-order valence-electron chi connectivity index (χ4n) is 1.70. The molecule has 0 fully saturated rings. The van der Waals surface area contributed by atoms with E-state index in [2.05, 4.69) is 10.0 Å². The summed E-state index contributed by atoms with van der Waals surface area (Å²) in [4.78, 5) is 2.71. The van der Waals surface area contributed by atoms with E-state index >= 15 is 0 Å². The van der Waals surface area contributed by atoms with Crippen LogP contribution in [0.4, 0.5) is 5.69 Å². The van der Waals surface area contributed by atoms with Crippen LogP contribution in [0.25, 0.3) is 10.4 Å². The molecule has 0 amide bonds. The van der Waals surface area contributed by atoms with Gasteiger partial charge < -0.3 is 5.11 Å². The molecule has 1 aliphatic rings. The Balaban J connectivity index is 2.39. The summed E-state index contributed by atoms with van der Waals surface area (Å²) in [5.74, 6) is 0. The van der Waals surface area contributed by atoms with E-state index in [0.29, 0.717) is 18.5 Å². The Kier molecular flexibility index (Phi) is 1.93. The Morgan fingerprint density at radius 3 is 2.92 bits per heavy atom. The van der Waals surface area contributed by atoms with Crippen molar-refractivity contribution < 1.29 is 5.11 Å². The average molecular weight is 175 g/mol. The number of rotatable bonds is 1. The lowest BCUT2D eigenvalue weighted by Gasteiger charge is -1.97. The summed E-state index contributed by atoms with van der Waals surface area (Å²) >= 11 is 0. The molecule has 0 bridgehead atoms. The molecule has 0 spiro atoms. The lowest BCUT2D eigenvalue weighted by atomic mass is 10.1. The first-order chi connectivity index (χ1) is 6.29. The minimum atomic E-state index is -0.267. The molecule has 1 aromatic carbocycles. The van der Waals surface area contributed by atoms with E-state index in [1.54, 1.807) is 6.07 Å². The summed E-state index contributed by atoms with van der Waals surface area (Å²) in [6.45, 7) is 0. The molecule has 1 unspecified atom stereocenters. The molecule has 0 aliphatic heterocycles. The third-order valence-electron chi connectivity index (χ3n) is 2.26. The van der Waals surface area contributed by atoms with E-state index < -0.39 is 0 Å². The zero-order valence-electron chi connectivity index (χ0n) is 7.01. The molecule has 1 aliphatic carbocycles. The molecule has 1 atom stereocenters. The number of benzene rings is 1. The van der Waals surface area contributed by atoms with Gasteiger partial charge in [0.05, 0.1) is 6.10 Å². The first-order valence-corrected chi connectivity index (χ1v) is 4.14. The first kappa shape index (κ1) is 8.10. The Morgan fingerprint density at radius 2 is 2.15 bits per heavy atom. The minimum Gasteiger partial charge on any atom is -0.392 e. The van der Waals surface area contributed by atoms with Gasteiger partial charge in [0.15, 0.2) is 0 Å². The molecule has 4 heteroatoms. The second kappa shape index (κ2) is 3.09. The lowest BCUT2D eigenvalue weighted by molar-refractivity contribution is 0.187. The molecule has 4 nitrogen and oxygen atoms in total. The zero-order chi connectivity index (χ0) is 9.26. The topological polar surface area (TPSA) is 69.0 Å². The van der Waals surface area contributed by atoms with Gasteiger partial charge in [0.2, 0.25) is 0 Å². The largest absolute Gasteiger partial charge is 0.392 e. The highest BCUT2D eigenvalue weighted by molar-refractivity contribution is 5.46. The van der Waals surface area contributed by atoms with E-state index in [-0.39, 0.29) is 6.10 Å². The van der Waals surface area contributed by atoms with Gasteiger partial charge in [-0.05, 0) is 35.6 Å². The average Bonchev–Trinajstić information content (AvgIpc) is 2.44. The van der Waals surface area contributed by atoms with Gasteiger partial charge in [-0.2, -0.15) is 0 Å². The van der Waals surface area contributed by atoms with Gasteiger partial charge in [0.1, 0.15) is 0 Å². The van der Waals surface area contributed by atoms with E-state index in [0.717, 1.165) is 11.1 Å². The predicted octanol–water partition coefficient (Wildman–Crippen LogP) is 2.09. The number of azide groups is 1. The molecular weight excluding hydrogens is 166 g/mol. The molecule has 13 heavy (non-hydrogen) atoms. The highest BCUT2D eigenvalue weighted by Crippen LogP contribution is 2.26. The molecule has 0 radical (unpaired) electrons. The minimum absolute atomic E-state index is 0.267. The van der Waals surface area contributed by atoms with Gasteiger partial charge in [-0.25, -0.2) is 0 Å². The lowest BCUT2D eigenvalue weighted by Crippen LogP contribution is -2.03.